The molecule has 1 atom stereocenters. The summed E-state index contributed by atoms with van der Waals surface area (Å²) >= 11 is 0. The second-order valence-corrected chi connectivity index (χ2v) is 5.85. The van der Waals surface area contributed by atoms with Gasteiger partial charge in [-0.3, -0.25) is 0 Å². The van der Waals surface area contributed by atoms with Crippen LogP contribution in [0.25, 0.3) is 0 Å². The summed E-state index contributed by atoms with van der Waals surface area (Å²) in [7, 11) is 0. The second-order valence-electron chi connectivity index (χ2n) is 5.85. The van der Waals surface area contributed by atoms with Crippen molar-refractivity contribution in [1.82, 2.24) is 10.6 Å². The molecule has 1 rings (SSSR count). The van der Waals surface area contributed by atoms with Crippen molar-refractivity contribution in [3.05, 3.63) is 35.6 Å². The van der Waals surface area contributed by atoms with Crippen molar-refractivity contribution in [3.8, 4) is 0 Å². The van der Waals surface area contributed by atoms with Crippen LogP contribution in [0.15, 0.2) is 24.3 Å². The number of benzene rings is 1. The molecule has 0 aliphatic rings. The lowest BCUT2D eigenvalue weighted by Crippen LogP contribution is -2.47. The first-order chi connectivity index (χ1) is 9.81. The van der Waals surface area contributed by atoms with E-state index in [1.54, 1.807) is 13.0 Å². The lowest BCUT2D eigenvalue weighted by molar-refractivity contribution is 0.0166. The summed E-state index contributed by atoms with van der Waals surface area (Å²) in [6.45, 7) is 6.21. The number of aryl methyl sites for hydroxylation is 1. The molecule has 118 valence electrons. The Morgan fingerprint density at radius 1 is 1.38 bits per heavy atom. The summed E-state index contributed by atoms with van der Waals surface area (Å²) in [5, 5.41) is 15.4. The Labute approximate surface area is 125 Å². The predicted molar refractivity (Wildman–Crippen MR) is 81.6 cm³/mol. The number of urea groups is 1. The molecule has 1 unspecified atom stereocenters. The number of carbonyl (C=O) groups excluding carboxylic acids is 1. The molecule has 3 N–H and O–H groups in total. The third-order valence-electron chi connectivity index (χ3n) is 3.67. The summed E-state index contributed by atoms with van der Waals surface area (Å²) in [5.41, 5.74) is -0.00113. The monoisotopic (exact) mass is 296 g/mol. The van der Waals surface area contributed by atoms with Crippen molar-refractivity contribution in [2.45, 2.75) is 39.2 Å². The van der Waals surface area contributed by atoms with Crippen molar-refractivity contribution < 1.29 is 14.3 Å². The molecule has 0 aromatic heterocycles. The summed E-state index contributed by atoms with van der Waals surface area (Å²) in [4.78, 5) is 11.6. The van der Waals surface area contributed by atoms with Crippen molar-refractivity contribution >= 4 is 6.03 Å². The average Bonchev–Trinajstić information content (AvgIpc) is 2.41. The molecule has 0 bridgehead atoms. The number of halogens is 1. The zero-order valence-corrected chi connectivity index (χ0v) is 12.9. The van der Waals surface area contributed by atoms with Crippen LogP contribution in [0.1, 0.15) is 32.8 Å². The van der Waals surface area contributed by atoms with Gasteiger partial charge in [-0.25, -0.2) is 9.18 Å². The van der Waals surface area contributed by atoms with Crippen LogP contribution in [-0.4, -0.2) is 29.8 Å². The third kappa shape index (κ3) is 6.58. The van der Waals surface area contributed by atoms with Gasteiger partial charge in [-0.2, -0.15) is 0 Å². The topological polar surface area (TPSA) is 61.4 Å². The van der Waals surface area contributed by atoms with E-state index in [2.05, 4.69) is 10.6 Å². The van der Waals surface area contributed by atoms with Gasteiger partial charge in [-0.1, -0.05) is 26.0 Å². The van der Waals surface area contributed by atoms with Crippen LogP contribution in [0, 0.1) is 11.7 Å². The molecule has 0 heterocycles. The van der Waals surface area contributed by atoms with Gasteiger partial charge in [0.15, 0.2) is 0 Å². The predicted octanol–water partition coefficient (Wildman–Crippen LogP) is 2.46. The summed E-state index contributed by atoms with van der Waals surface area (Å²) in [5.74, 6) is -0.181. The molecule has 1 aromatic rings. The summed E-state index contributed by atoms with van der Waals surface area (Å²) in [6, 6.07) is 6.16. The van der Waals surface area contributed by atoms with Crippen LogP contribution < -0.4 is 10.6 Å². The number of hydrogen-bond acceptors (Lipinski definition) is 2. The molecular weight excluding hydrogens is 271 g/mol. The summed E-state index contributed by atoms with van der Waals surface area (Å²) < 4.78 is 13.0. The van der Waals surface area contributed by atoms with Gasteiger partial charge in [0.25, 0.3) is 0 Å². The van der Waals surface area contributed by atoms with Crippen molar-refractivity contribution in [2.24, 2.45) is 5.92 Å². The highest BCUT2D eigenvalue weighted by molar-refractivity contribution is 5.73. The Balaban J connectivity index is 2.19. The number of nitrogens with one attached hydrogen (secondary N) is 2. The maximum atomic E-state index is 13.0. The van der Waals surface area contributed by atoms with E-state index in [1.807, 2.05) is 19.9 Å². The van der Waals surface area contributed by atoms with E-state index in [0.717, 1.165) is 12.0 Å². The fraction of sp³-hybridized carbons (Fsp3) is 0.562. The number of amides is 2. The molecule has 0 fully saturated rings. The fourth-order valence-electron chi connectivity index (χ4n) is 1.71. The lowest BCUT2D eigenvalue weighted by atomic mass is 9.93. The molecule has 0 saturated carbocycles. The molecule has 0 saturated heterocycles. The first kappa shape index (κ1) is 17.4. The molecular formula is C16H25FN2O2. The summed E-state index contributed by atoms with van der Waals surface area (Å²) in [6.07, 6.45) is 1.44. The number of rotatable bonds is 7. The van der Waals surface area contributed by atoms with E-state index >= 15 is 0 Å². The van der Waals surface area contributed by atoms with Gasteiger partial charge < -0.3 is 15.7 Å². The van der Waals surface area contributed by atoms with Crippen LogP contribution in [0.2, 0.25) is 0 Å². The quantitative estimate of drug-likeness (QED) is 0.677. The minimum Gasteiger partial charge on any atom is -0.388 e. The second kappa shape index (κ2) is 7.98. The van der Waals surface area contributed by atoms with Gasteiger partial charge in [0.1, 0.15) is 5.82 Å². The number of carbonyl (C=O) groups is 1. The smallest absolute Gasteiger partial charge is 0.314 e. The Kier molecular flexibility index (Phi) is 6.62. The van der Waals surface area contributed by atoms with Crippen LogP contribution in [0.5, 0.6) is 0 Å². The van der Waals surface area contributed by atoms with Gasteiger partial charge in [0.2, 0.25) is 0 Å². The third-order valence-corrected chi connectivity index (χ3v) is 3.67. The Hall–Kier alpha value is -1.62. The molecule has 21 heavy (non-hydrogen) atoms. The Morgan fingerprint density at radius 2 is 2.10 bits per heavy atom. The van der Waals surface area contributed by atoms with Crippen LogP contribution in [0.3, 0.4) is 0 Å². The van der Waals surface area contributed by atoms with E-state index in [0.29, 0.717) is 13.0 Å². The van der Waals surface area contributed by atoms with E-state index in [9.17, 15) is 14.3 Å². The highest BCUT2D eigenvalue weighted by atomic mass is 19.1. The van der Waals surface area contributed by atoms with Gasteiger partial charge >= 0.3 is 6.03 Å². The molecule has 0 radical (unpaired) electrons. The standard InChI is InChI=1S/C16H25FN2O2/c1-12(2)16(3,21)11-19-15(20)18-9-5-7-13-6-4-8-14(17)10-13/h4,6,8,10,12,21H,5,7,9,11H2,1-3H3,(H2,18,19,20). The maximum Gasteiger partial charge on any atom is 0.314 e. The van der Waals surface area contributed by atoms with Gasteiger partial charge in [-0.05, 0) is 43.4 Å². The first-order valence-electron chi connectivity index (χ1n) is 7.30. The zero-order chi connectivity index (χ0) is 15.9. The van der Waals surface area contributed by atoms with Crippen molar-refractivity contribution in [2.75, 3.05) is 13.1 Å². The van der Waals surface area contributed by atoms with E-state index in [4.69, 9.17) is 0 Å². The van der Waals surface area contributed by atoms with E-state index < -0.39 is 5.60 Å². The van der Waals surface area contributed by atoms with Gasteiger partial charge in [-0.15, -0.1) is 0 Å². The number of aliphatic hydroxyl groups is 1. The Bertz CT molecular complexity index is 461. The Morgan fingerprint density at radius 3 is 2.71 bits per heavy atom. The molecule has 0 spiro atoms. The fourth-order valence-corrected chi connectivity index (χ4v) is 1.71. The molecule has 5 heteroatoms. The molecule has 1 aromatic carbocycles. The first-order valence-corrected chi connectivity index (χ1v) is 7.30. The molecule has 2 amide bonds. The normalized spacial score (nSPS) is 13.8. The van der Waals surface area contributed by atoms with Gasteiger partial charge in [0, 0.05) is 13.1 Å². The lowest BCUT2D eigenvalue weighted by Gasteiger charge is -2.27. The SMILES string of the molecule is CC(C)C(C)(O)CNC(=O)NCCCc1cccc(F)c1. The highest BCUT2D eigenvalue weighted by Crippen LogP contribution is 2.14. The van der Waals surface area contributed by atoms with Crippen molar-refractivity contribution in [3.63, 3.8) is 0 Å². The minimum absolute atomic E-state index is 0.0609. The van der Waals surface area contributed by atoms with E-state index in [1.165, 1.54) is 12.1 Å². The van der Waals surface area contributed by atoms with E-state index in [-0.39, 0.29) is 24.3 Å². The maximum absolute atomic E-state index is 13.0. The minimum atomic E-state index is -0.918. The number of hydrogen-bond donors (Lipinski definition) is 3. The zero-order valence-electron chi connectivity index (χ0n) is 12.9. The molecule has 0 aliphatic heterocycles. The molecule has 0 aliphatic carbocycles. The largest absolute Gasteiger partial charge is 0.388 e. The van der Waals surface area contributed by atoms with Gasteiger partial charge in [0.05, 0.1) is 5.60 Å². The average molecular weight is 296 g/mol. The molecule has 4 nitrogen and oxygen atoms in total. The van der Waals surface area contributed by atoms with Crippen LogP contribution >= 0.6 is 0 Å². The van der Waals surface area contributed by atoms with Crippen LogP contribution in [0.4, 0.5) is 9.18 Å². The van der Waals surface area contributed by atoms with Crippen LogP contribution in [-0.2, 0) is 6.42 Å². The highest BCUT2D eigenvalue weighted by Gasteiger charge is 2.25. The van der Waals surface area contributed by atoms with Crippen molar-refractivity contribution in [1.29, 1.82) is 0 Å².